The third-order valence-electron chi connectivity index (χ3n) is 2.01. The van der Waals surface area contributed by atoms with E-state index in [9.17, 15) is 0 Å². The molecule has 3 nitrogen and oxygen atoms in total. The summed E-state index contributed by atoms with van der Waals surface area (Å²) < 4.78 is 0. The molecule has 1 fully saturated rings. The standard InChI is InChI=1S/C8H17NO2/c1-6(2)8(5)10-9(11-8)7(3)4/h6-7H,1-5H3. The first kappa shape index (κ1) is 8.97. The fourth-order valence-corrected chi connectivity index (χ4v) is 0.786. The second-order valence-corrected chi connectivity index (χ2v) is 3.73. The van der Waals surface area contributed by atoms with Crippen molar-refractivity contribution in [3.8, 4) is 0 Å². The van der Waals surface area contributed by atoms with Gasteiger partial charge in [-0.1, -0.05) is 19.1 Å². The molecule has 0 aromatic heterocycles. The maximum absolute atomic E-state index is 5.46. The third kappa shape index (κ3) is 1.55. The van der Waals surface area contributed by atoms with Gasteiger partial charge in [0.1, 0.15) is 0 Å². The summed E-state index contributed by atoms with van der Waals surface area (Å²) in [6.07, 6.45) is 0. The van der Waals surface area contributed by atoms with Gasteiger partial charge in [0.2, 0.25) is 5.79 Å². The van der Waals surface area contributed by atoms with E-state index in [0.29, 0.717) is 12.0 Å². The minimum absolute atomic E-state index is 0.293. The molecule has 0 radical (unpaired) electrons. The van der Waals surface area contributed by atoms with Crippen LogP contribution in [-0.2, 0) is 9.68 Å². The SMILES string of the molecule is CC(C)N1OC(C)(C(C)C)O1. The maximum Gasteiger partial charge on any atom is 0.211 e. The number of hydroxylamine groups is 2. The lowest BCUT2D eigenvalue weighted by atomic mass is 10.1. The van der Waals surface area contributed by atoms with Crippen molar-refractivity contribution in [2.75, 3.05) is 0 Å². The minimum atomic E-state index is -0.399. The van der Waals surface area contributed by atoms with Crippen molar-refractivity contribution in [3.63, 3.8) is 0 Å². The van der Waals surface area contributed by atoms with Crippen molar-refractivity contribution < 1.29 is 9.68 Å². The van der Waals surface area contributed by atoms with Crippen molar-refractivity contribution >= 4 is 0 Å². The first-order chi connectivity index (χ1) is 4.96. The Kier molecular flexibility index (Phi) is 2.23. The lowest BCUT2D eigenvalue weighted by Gasteiger charge is -2.49. The van der Waals surface area contributed by atoms with Crippen molar-refractivity contribution in [2.45, 2.75) is 46.4 Å². The molecule has 11 heavy (non-hydrogen) atoms. The van der Waals surface area contributed by atoms with Gasteiger partial charge in [-0.25, -0.2) is 9.68 Å². The summed E-state index contributed by atoms with van der Waals surface area (Å²) in [6, 6.07) is 0.293. The van der Waals surface area contributed by atoms with Crippen molar-refractivity contribution in [1.29, 1.82) is 0 Å². The molecule has 1 aliphatic heterocycles. The molecule has 66 valence electrons. The zero-order valence-electron chi connectivity index (χ0n) is 7.92. The highest BCUT2D eigenvalue weighted by Crippen LogP contribution is 2.35. The number of hydrogen-bond donors (Lipinski definition) is 0. The average molecular weight is 159 g/mol. The second kappa shape index (κ2) is 2.73. The predicted octanol–water partition coefficient (Wildman–Crippen LogP) is 1.95. The Bertz CT molecular complexity index is 139. The van der Waals surface area contributed by atoms with Crippen LogP contribution in [0, 0.1) is 5.92 Å². The monoisotopic (exact) mass is 159 g/mol. The van der Waals surface area contributed by atoms with Crippen LogP contribution in [0.3, 0.4) is 0 Å². The molecular weight excluding hydrogens is 142 g/mol. The molecule has 1 saturated heterocycles. The molecule has 0 amide bonds. The van der Waals surface area contributed by atoms with Gasteiger partial charge < -0.3 is 0 Å². The van der Waals surface area contributed by atoms with Crippen molar-refractivity contribution in [2.24, 2.45) is 5.92 Å². The van der Waals surface area contributed by atoms with E-state index in [1.165, 1.54) is 0 Å². The van der Waals surface area contributed by atoms with Crippen molar-refractivity contribution in [1.82, 2.24) is 5.23 Å². The molecule has 0 spiro atoms. The molecule has 0 saturated carbocycles. The van der Waals surface area contributed by atoms with Gasteiger partial charge in [0.05, 0.1) is 6.04 Å². The quantitative estimate of drug-likeness (QED) is 0.614. The Morgan fingerprint density at radius 1 is 1.09 bits per heavy atom. The van der Waals surface area contributed by atoms with Crippen LogP contribution in [0.4, 0.5) is 0 Å². The Balaban J connectivity index is 2.38. The van der Waals surface area contributed by atoms with E-state index in [0.717, 1.165) is 0 Å². The molecule has 0 aromatic carbocycles. The average Bonchev–Trinajstić information content (AvgIpc) is 1.79. The highest BCUT2D eigenvalue weighted by molar-refractivity contribution is 4.71. The summed E-state index contributed by atoms with van der Waals surface area (Å²) in [4.78, 5) is 10.9. The fraction of sp³-hybridized carbons (Fsp3) is 1.00. The predicted molar refractivity (Wildman–Crippen MR) is 42.4 cm³/mol. The lowest BCUT2D eigenvalue weighted by molar-refractivity contribution is -0.627. The van der Waals surface area contributed by atoms with E-state index in [-0.39, 0.29) is 0 Å². The maximum atomic E-state index is 5.46. The van der Waals surface area contributed by atoms with Gasteiger partial charge in [-0.05, 0) is 20.8 Å². The van der Waals surface area contributed by atoms with Gasteiger partial charge in [0, 0.05) is 5.92 Å². The fourth-order valence-electron chi connectivity index (χ4n) is 0.786. The van der Waals surface area contributed by atoms with Gasteiger partial charge >= 0.3 is 0 Å². The number of hydrogen-bond acceptors (Lipinski definition) is 3. The molecule has 0 N–H and O–H groups in total. The largest absolute Gasteiger partial charge is 0.237 e. The molecule has 1 aliphatic rings. The van der Waals surface area contributed by atoms with E-state index < -0.39 is 5.79 Å². The molecule has 1 rings (SSSR count). The Morgan fingerprint density at radius 2 is 1.55 bits per heavy atom. The van der Waals surface area contributed by atoms with Crippen LogP contribution in [0.1, 0.15) is 34.6 Å². The van der Waals surface area contributed by atoms with Crippen molar-refractivity contribution in [3.05, 3.63) is 0 Å². The first-order valence-corrected chi connectivity index (χ1v) is 4.13. The molecule has 0 aromatic rings. The lowest BCUT2D eigenvalue weighted by Crippen LogP contribution is -2.60. The second-order valence-electron chi connectivity index (χ2n) is 3.73. The van der Waals surface area contributed by atoms with E-state index in [1.54, 1.807) is 5.23 Å². The van der Waals surface area contributed by atoms with Gasteiger partial charge in [-0.2, -0.15) is 0 Å². The number of nitrogens with zero attached hydrogens (tertiary/aromatic N) is 1. The molecule has 3 heteroatoms. The molecule has 0 atom stereocenters. The highest BCUT2D eigenvalue weighted by Gasteiger charge is 2.46. The highest BCUT2D eigenvalue weighted by atomic mass is 17.1. The summed E-state index contributed by atoms with van der Waals surface area (Å²) in [5, 5.41) is 1.54. The number of rotatable bonds is 2. The van der Waals surface area contributed by atoms with Crippen LogP contribution in [-0.4, -0.2) is 17.1 Å². The van der Waals surface area contributed by atoms with Gasteiger partial charge in [0.25, 0.3) is 0 Å². The van der Waals surface area contributed by atoms with Crippen LogP contribution >= 0.6 is 0 Å². The van der Waals surface area contributed by atoms with E-state index >= 15 is 0 Å². The summed E-state index contributed by atoms with van der Waals surface area (Å²) >= 11 is 0. The van der Waals surface area contributed by atoms with Gasteiger partial charge in [0.15, 0.2) is 0 Å². The molecule has 0 bridgehead atoms. The van der Waals surface area contributed by atoms with Crippen LogP contribution in [0.2, 0.25) is 0 Å². The normalized spacial score (nSPS) is 24.3. The van der Waals surface area contributed by atoms with Crippen LogP contribution < -0.4 is 0 Å². The summed E-state index contributed by atoms with van der Waals surface area (Å²) in [6.45, 7) is 10.2. The van der Waals surface area contributed by atoms with Gasteiger partial charge in [-0.3, -0.25) is 0 Å². The Morgan fingerprint density at radius 3 is 1.82 bits per heavy atom. The summed E-state index contributed by atoms with van der Waals surface area (Å²) in [5.41, 5.74) is 0. The van der Waals surface area contributed by atoms with Crippen LogP contribution in [0.15, 0.2) is 0 Å². The summed E-state index contributed by atoms with van der Waals surface area (Å²) in [7, 11) is 0. The third-order valence-corrected chi connectivity index (χ3v) is 2.01. The molecule has 0 aliphatic carbocycles. The van der Waals surface area contributed by atoms with E-state index in [2.05, 4.69) is 13.8 Å². The van der Waals surface area contributed by atoms with Gasteiger partial charge in [-0.15, -0.1) is 0 Å². The van der Waals surface area contributed by atoms with Crippen LogP contribution in [0.25, 0.3) is 0 Å². The van der Waals surface area contributed by atoms with Crippen LogP contribution in [0.5, 0.6) is 0 Å². The minimum Gasteiger partial charge on any atom is -0.237 e. The summed E-state index contributed by atoms with van der Waals surface area (Å²) in [5.74, 6) is -0.0120. The molecule has 1 heterocycles. The van der Waals surface area contributed by atoms with E-state index in [1.807, 2.05) is 20.8 Å². The Hall–Kier alpha value is -0.120. The topological polar surface area (TPSA) is 21.7 Å². The molecule has 0 unspecified atom stereocenters. The molecular formula is C8H17NO2. The van der Waals surface area contributed by atoms with E-state index in [4.69, 9.17) is 9.68 Å². The zero-order chi connectivity index (χ0) is 8.65. The smallest absolute Gasteiger partial charge is 0.211 e. The Labute approximate surface area is 68.2 Å². The first-order valence-electron chi connectivity index (χ1n) is 4.13. The zero-order valence-corrected chi connectivity index (χ0v) is 7.92.